The normalized spacial score (nSPS) is 10.6. The minimum Gasteiger partial charge on any atom is -0.457 e. The maximum absolute atomic E-state index is 6.47. The Labute approximate surface area is 329 Å². The molecule has 9 nitrogen and oxygen atoms in total. The van der Waals surface area contributed by atoms with Crippen LogP contribution in [-0.2, 0) is 0 Å². The Morgan fingerprint density at radius 1 is 0.193 bits per heavy atom. The molecule has 8 aromatic rings. The van der Waals surface area contributed by atoms with Crippen LogP contribution in [0.25, 0.3) is 0 Å². The van der Waals surface area contributed by atoms with E-state index in [-0.39, 0.29) is 0 Å². The van der Waals surface area contributed by atoms with Crippen LogP contribution in [0.1, 0.15) is 0 Å². The van der Waals surface area contributed by atoms with Crippen LogP contribution >= 0.6 is 0 Å². The van der Waals surface area contributed by atoms with Crippen LogP contribution < -0.4 is 44.6 Å². The molecular weight excluding hydrogens is 717 g/mol. The summed E-state index contributed by atoms with van der Waals surface area (Å²) in [6, 6.07) is 58.7. The third kappa shape index (κ3) is 9.37. The second-order valence-corrected chi connectivity index (χ2v) is 12.6. The summed E-state index contributed by atoms with van der Waals surface area (Å²) in [6.07, 6.45) is 0. The number of anilines is 2. The van der Waals surface area contributed by atoms with Crippen molar-refractivity contribution >= 4 is 11.4 Å². The van der Waals surface area contributed by atoms with Gasteiger partial charge in [-0.3, -0.25) is 0 Å². The molecule has 0 aliphatic rings. The van der Waals surface area contributed by atoms with E-state index in [2.05, 4.69) is 0 Å². The van der Waals surface area contributed by atoms with Crippen LogP contribution in [0.15, 0.2) is 194 Å². The van der Waals surface area contributed by atoms with Gasteiger partial charge in [-0.25, -0.2) is 0 Å². The first-order valence-electron chi connectivity index (χ1n) is 18.0. The molecule has 8 rings (SSSR count). The summed E-state index contributed by atoms with van der Waals surface area (Å²) in [7, 11) is 0. The van der Waals surface area contributed by atoms with E-state index in [9.17, 15) is 0 Å². The molecular formula is C48H36N2O7. The van der Waals surface area contributed by atoms with E-state index in [0.717, 1.165) is 0 Å². The Morgan fingerprint density at radius 2 is 0.368 bits per heavy atom. The first kappa shape index (κ1) is 36.0. The van der Waals surface area contributed by atoms with Crippen molar-refractivity contribution in [3.05, 3.63) is 194 Å². The highest BCUT2D eigenvalue weighted by Gasteiger charge is 2.16. The molecule has 4 N–H and O–H groups in total. The number of para-hydroxylation sites is 8. The number of nitrogen functional groups attached to an aromatic ring is 2. The summed E-state index contributed by atoms with van der Waals surface area (Å²) in [5.41, 5.74) is 12.9. The van der Waals surface area contributed by atoms with Gasteiger partial charge in [0.1, 0.15) is 34.5 Å². The van der Waals surface area contributed by atoms with Crippen molar-refractivity contribution in [2.24, 2.45) is 0 Å². The molecule has 0 aliphatic heterocycles. The summed E-state index contributed by atoms with van der Waals surface area (Å²) in [6.45, 7) is 0. The molecule has 0 unspecified atom stereocenters. The number of rotatable bonds is 14. The zero-order chi connectivity index (χ0) is 38.8. The lowest BCUT2D eigenvalue weighted by Crippen LogP contribution is -1.95. The lowest BCUT2D eigenvalue weighted by atomic mass is 10.2. The SMILES string of the molecule is Nc1ccc(Oc2ccc(Oc3ccccc3Oc3ccccc3Oc3ccccc3Oc3ccccc3Oc3ccc(Oc4ccc(N)cc4)cc3)cc2)cc1. The molecule has 0 heterocycles. The van der Waals surface area contributed by atoms with Crippen molar-refractivity contribution in [1.29, 1.82) is 0 Å². The first-order valence-corrected chi connectivity index (χ1v) is 18.0. The van der Waals surface area contributed by atoms with Crippen molar-refractivity contribution < 1.29 is 33.2 Å². The largest absolute Gasteiger partial charge is 0.457 e. The fourth-order valence-electron chi connectivity index (χ4n) is 5.58. The summed E-state index contributed by atoms with van der Waals surface area (Å²) in [5, 5.41) is 0. The molecule has 0 bridgehead atoms. The summed E-state index contributed by atoms with van der Waals surface area (Å²) < 4.78 is 43.7. The van der Waals surface area contributed by atoms with E-state index < -0.39 is 0 Å². The van der Waals surface area contributed by atoms with Crippen molar-refractivity contribution in [2.45, 2.75) is 0 Å². The second kappa shape index (κ2) is 17.0. The van der Waals surface area contributed by atoms with Gasteiger partial charge < -0.3 is 44.6 Å². The van der Waals surface area contributed by atoms with Gasteiger partial charge in [-0.2, -0.15) is 0 Å². The minimum absolute atomic E-state index is 0.471. The van der Waals surface area contributed by atoms with E-state index in [4.69, 9.17) is 44.6 Å². The lowest BCUT2D eigenvalue weighted by Gasteiger charge is -2.17. The van der Waals surface area contributed by atoms with Gasteiger partial charge in [-0.05, 0) is 146 Å². The quantitative estimate of drug-likeness (QED) is 0.105. The molecule has 0 radical (unpaired) electrons. The maximum atomic E-state index is 6.47. The molecule has 0 atom stereocenters. The highest BCUT2D eigenvalue weighted by molar-refractivity contribution is 5.54. The fraction of sp³-hybridized carbons (Fsp3) is 0. The average Bonchev–Trinajstić information content (AvgIpc) is 3.24. The Bertz CT molecular complexity index is 2380. The molecule has 57 heavy (non-hydrogen) atoms. The van der Waals surface area contributed by atoms with Gasteiger partial charge in [-0.1, -0.05) is 48.5 Å². The van der Waals surface area contributed by atoms with Crippen molar-refractivity contribution in [3.63, 3.8) is 0 Å². The summed E-state index contributed by atoms with van der Waals surface area (Å²) in [4.78, 5) is 0. The van der Waals surface area contributed by atoms with Crippen molar-refractivity contribution in [3.8, 4) is 80.5 Å². The van der Waals surface area contributed by atoms with E-state index >= 15 is 0 Å². The number of ether oxygens (including phenoxy) is 7. The number of hydrogen-bond donors (Lipinski definition) is 2. The Kier molecular flexibility index (Phi) is 10.7. The van der Waals surface area contributed by atoms with Gasteiger partial charge in [0, 0.05) is 11.4 Å². The Balaban J connectivity index is 0.950. The third-order valence-corrected chi connectivity index (χ3v) is 8.39. The highest BCUT2D eigenvalue weighted by atomic mass is 16.6. The molecule has 9 heteroatoms. The van der Waals surface area contributed by atoms with Gasteiger partial charge in [0.25, 0.3) is 0 Å². The summed E-state index contributed by atoms with van der Waals surface area (Å²) >= 11 is 0. The predicted octanol–water partition coefficient (Wildman–Crippen LogP) is 13.4. The standard InChI is InChI=1S/C48H36N2O7/c49-33-17-21-35(22-18-33)51-37-25-29-39(30-26-37)53-41-9-1-3-11-43(41)55-45-13-5-7-15-47(45)57-48-16-8-6-14-46(48)56-44-12-4-2-10-42(44)54-40-31-27-38(28-32-40)52-36-23-19-34(50)20-24-36/h1-32H,49-50H2. The van der Waals surface area contributed by atoms with E-state index in [1.165, 1.54) is 0 Å². The van der Waals surface area contributed by atoms with Gasteiger partial charge in [-0.15, -0.1) is 0 Å². The van der Waals surface area contributed by atoms with E-state index in [1.54, 1.807) is 24.3 Å². The Morgan fingerprint density at radius 3 is 0.596 bits per heavy atom. The lowest BCUT2D eigenvalue weighted by molar-refractivity contribution is 0.375. The van der Waals surface area contributed by atoms with Gasteiger partial charge >= 0.3 is 0 Å². The molecule has 0 aromatic heterocycles. The molecule has 8 aromatic carbocycles. The van der Waals surface area contributed by atoms with Gasteiger partial charge in [0.05, 0.1) is 0 Å². The van der Waals surface area contributed by atoms with Crippen LogP contribution in [0.2, 0.25) is 0 Å². The molecule has 0 spiro atoms. The fourth-order valence-corrected chi connectivity index (χ4v) is 5.58. The number of hydrogen-bond acceptors (Lipinski definition) is 9. The zero-order valence-electron chi connectivity index (χ0n) is 30.5. The maximum Gasteiger partial charge on any atom is 0.170 e. The molecule has 0 aliphatic carbocycles. The molecule has 0 amide bonds. The molecule has 0 saturated carbocycles. The van der Waals surface area contributed by atoms with E-state index in [1.807, 2.05) is 170 Å². The van der Waals surface area contributed by atoms with Crippen LogP contribution in [0.5, 0.6) is 80.5 Å². The number of nitrogens with two attached hydrogens (primary N) is 2. The van der Waals surface area contributed by atoms with Crippen molar-refractivity contribution in [2.75, 3.05) is 11.5 Å². The molecule has 0 fully saturated rings. The minimum atomic E-state index is 0.471. The van der Waals surface area contributed by atoms with Crippen LogP contribution in [0.3, 0.4) is 0 Å². The zero-order valence-corrected chi connectivity index (χ0v) is 30.5. The molecule has 0 saturated heterocycles. The monoisotopic (exact) mass is 752 g/mol. The summed E-state index contributed by atoms with van der Waals surface area (Å²) in [5.74, 6) is 7.83. The average molecular weight is 753 g/mol. The van der Waals surface area contributed by atoms with Gasteiger partial charge in [0.2, 0.25) is 0 Å². The van der Waals surface area contributed by atoms with Crippen LogP contribution in [0, 0.1) is 0 Å². The van der Waals surface area contributed by atoms with Gasteiger partial charge in [0.15, 0.2) is 46.0 Å². The molecule has 280 valence electrons. The predicted molar refractivity (Wildman–Crippen MR) is 221 cm³/mol. The van der Waals surface area contributed by atoms with Crippen LogP contribution in [0.4, 0.5) is 11.4 Å². The first-order chi connectivity index (χ1) is 28.0. The number of benzene rings is 8. The third-order valence-electron chi connectivity index (χ3n) is 8.39. The smallest absolute Gasteiger partial charge is 0.170 e. The second-order valence-electron chi connectivity index (χ2n) is 12.6. The highest BCUT2D eigenvalue weighted by Crippen LogP contribution is 2.44. The topological polar surface area (TPSA) is 117 Å². The van der Waals surface area contributed by atoms with E-state index in [0.29, 0.717) is 91.9 Å². The van der Waals surface area contributed by atoms with Crippen LogP contribution in [-0.4, -0.2) is 0 Å². The Hall–Kier alpha value is -8.04. The van der Waals surface area contributed by atoms with Crippen molar-refractivity contribution in [1.82, 2.24) is 0 Å².